The molecule has 0 aliphatic heterocycles. The molecular weight excluding hydrogens is 373 g/mol. The molecule has 25 heavy (non-hydrogen) atoms. The fourth-order valence-electron chi connectivity index (χ4n) is 2.01. The Morgan fingerprint density at radius 1 is 1.16 bits per heavy atom. The van der Waals surface area contributed by atoms with Crippen molar-refractivity contribution in [3.8, 4) is 10.7 Å². The van der Waals surface area contributed by atoms with Crippen LogP contribution in [0.2, 0.25) is 0 Å². The van der Waals surface area contributed by atoms with Crippen LogP contribution in [0, 0.1) is 0 Å². The summed E-state index contributed by atoms with van der Waals surface area (Å²) in [7, 11) is 0. The Morgan fingerprint density at radius 3 is 2.56 bits per heavy atom. The summed E-state index contributed by atoms with van der Waals surface area (Å²) in [6.45, 7) is 0. The minimum Gasteiger partial charge on any atom is -0.325 e. The summed E-state index contributed by atoms with van der Waals surface area (Å²) in [5.41, 5.74) is 0.574. The number of carbonyl (C=O) groups excluding carboxylic acids is 1. The topological polar surface area (TPSA) is 59.8 Å². The van der Waals surface area contributed by atoms with E-state index in [1.807, 2.05) is 0 Å². The molecule has 3 rings (SSSR count). The van der Waals surface area contributed by atoms with Gasteiger partial charge in [0.15, 0.2) is 11.0 Å². The second-order valence-corrected chi connectivity index (χ2v) is 6.68. The molecule has 0 spiro atoms. The summed E-state index contributed by atoms with van der Waals surface area (Å²) in [4.78, 5) is 12.3. The molecule has 10 heteroatoms. The van der Waals surface area contributed by atoms with Gasteiger partial charge in [0.05, 0.1) is 10.6 Å². The first-order valence-electron chi connectivity index (χ1n) is 6.99. The van der Waals surface area contributed by atoms with E-state index in [-0.39, 0.29) is 21.3 Å². The molecule has 0 saturated heterocycles. The number of thioether (sulfide) groups is 1. The van der Waals surface area contributed by atoms with Crippen molar-refractivity contribution >= 4 is 34.7 Å². The molecule has 0 bridgehead atoms. The maximum atomic E-state index is 13.4. The molecule has 130 valence electrons. The second-order valence-electron chi connectivity index (χ2n) is 4.79. The number of nitrogens with one attached hydrogen (secondary N) is 1. The molecule has 2 heterocycles. The van der Waals surface area contributed by atoms with Gasteiger partial charge in [-0.15, -0.1) is 34.7 Å². The summed E-state index contributed by atoms with van der Waals surface area (Å²) < 4.78 is 40.2. The van der Waals surface area contributed by atoms with Gasteiger partial charge in [-0.2, -0.15) is 0 Å². The number of halogens is 3. The molecule has 2 aromatic heterocycles. The lowest BCUT2D eigenvalue weighted by Gasteiger charge is -2.12. The highest BCUT2D eigenvalue weighted by Crippen LogP contribution is 2.35. The lowest BCUT2D eigenvalue weighted by Crippen LogP contribution is -2.20. The Labute approximate surface area is 148 Å². The summed E-state index contributed by atoms with van der Waals surface area (Å²) in [6.07, 6.45) is -4.68. The molecule has 1 amide bonds. The average Bonchev–Trinajstić information content (AvgIpc) is 3.22. The quantitative estimate of drug-likeness (QED) is 0.670. The van der Waals surface area contributed by atoms with Gasteiger partial charge in [-0.1, -0.05) is 36.0 Å². The van der Waals surface area contributed by atoms with Gasteiger partial charge in [0.25, 0.3) is 0 Å². The Kier molecular flexibility index (Phi) is 5.09. The second kappa shape index (κ2) is 7.28. The van der Waals surface area contributed by atoms with Crippen LogP contribution in [0.4, 0.5) is 18.9 Å². The molecule has 0 unspecified atom stereocenters. The van der Waals surface area contributed by atoms with Crippen LogP contribution in [-0.2, 0) is 11.1 Å². The highest BCUT2D eigenvalue weighted by Gasteiger charge is 2.38. The maximum absolute atomic E-state index is 13.4. The number of aromatic nitrogens is 3. The number of carbonyl (C=O) groups is 1. The van der Waals surface area contributed by atoms with E-state index in [9.17, 15) is 18.0 Å². The predicted molar refractivity (Wildman–Crippen MR) is 90.4 cm³/mol. The lowest BCUT2D eigenvalue weighted by atomic mass is 10.3. The number of hydrogen-bond acceptors (Lipinski definition) is 5. The molecular formula is C15H11F3N4OS2. The number of anilines is 1. The molecule has 0 saturated carbocycles. The van der Waals surface area contributed by atoms with E-state index in [0.29, 0.717) is 22.3 Å². The van der Waals surface area contributed by atoms with Crippen molar-refractivity contribution in [1.29, 1.82) is 0 Å². The molecule has 0 aliphatic carbocycles. The predicted octanol–water partition coefficient (Wildman–Crippen LogP) is 4.21. The number of alkyl halides is 3. The molecule has 0 aliphatic rings. The lowest BCUT2D eigenvalue weighted by molar-refractivity contribution is -0.208. The van der Waals surface area contributed by atoms with Gasteiger partial charge >= 0.3 is 6.30 Å². The Balaban J connectivity index is 1.75. The number of benzene rings is 1. The van der Waals surface area contributed by atoms with E-state index < -0.39 is 12.2 Å². The van der Waals surface area contributed by atoms with Gasteiger partial charge in [0.1, 0.15) is 0 Å². The van der Waals surface area contributed by atoms with Crippen LogP contribution in [0.25, 0.3) is 10.7 Å². The SMILES string of the molecule is O=C(CSc1nnc(-c2cccs2)n1C(F)(F)F)Nc1ccccc1. The van der Waals surface area contributed by atoms with E-state index in [1.54, 1.807) is 41.8 Å². The fourth-order valence-corrected chi connectivity index (χ4v) is 3.45. The van der Waals surface area contributed by atoms with Crippen LogP contribution in [0.5, 0.6) is 0 Å². The first-order valence-corrected chi connectivity index (χ1v) is 8.86. The first kappa shape index (κ1) is 17.5. The molecule has 1 N–H and O–H groups in total. The molecule has 0 fully saturated rings. The third kappa shape index (κ3) is 4.20. The van der Waals surface area contributed by atoms with Crippen molar-refractivity contribution in [2.75, 3.05) is 11.1 Å². The number of para-hydroxylation sites is 1. The van der Waals surface area contributed by atoms with Crippen molar-refractivity contribution in [1.82, 2.24) is 14.8 Å². The van der Waals surface area contributed by atoms with Gasteiger partial charge in [0, 0.05) is 5.69 Å². The van der Waals surface area contributed by atoms with E-state index in [1.165, 1.54) is 6.07 Å². The fraction of sp³-hybridized carbons (Fsp3) is 0.133. The molecule has 3 aromatic rings. The molecule has 0 radical (unpaired) electrons. The minimum absolute atomic E-state index is 0.0965. The van der Waals surface area contributed by atoms with Crippen molar-refractivity contribution in [2.45, 2.75) is 11.5 Å². The van der Waals surface area contributed by atoms with Crippen LogP contribution in [-0.4, -0.2) is 26.4 Å². The van der Waals surface area contributed by atoms with Crippen molar-refractivity contribution in [3.63, 3.8) is 0 Å². The Bertz CT molecular complexity index is 848. The van der Waals surface area contributed by atoms with Gasteiger partial charge in [-0.05, 0) is 23.6 Å². The van der Waals surface area contributed by atoms with E-state index in [4.69, 9.17) is 0 Å². The zero-order valence-corrected chi connectivity index (χ0v) is 14.2. The number of hydrogen-bond donors (Lipinski definition) is 1. The van der Waals surface area contributed by atoms with Gasteiger partial charge in [-0.25, -0.2) is 4.57 Å². The molecule has 5 nitrogen and oxygen atoms in total. The van der Waals surface area contributed by atoms with E-state index >= 15 is 0 Å². The highest BCUT2D eigenvalue weighted by atomic mass is 32.2. The summed E-state index contributed by atoms with van der Waals surface area (Å²) >= 11 is 1.82. The third-order valence-corrected chi connectivity index (χ3v) is 4.81. The number of thiophene rings is 1. The van der Waals surface area contributed by atoms with E-state index in [2.05, 4.69) is 15.5 Å². The number of amides is 1. The zero-order valence-electron chi connectivity index (χ0n) is 12.5. The smallest absolute Gasteiger partial charge is 0.325 e. The highest BCUT2D eigenvalue weighted by molar-refractivity contribution is 7.99. The largest absolute Gasteiger partial charge is 0.492 e. The van der Waals surface area contributed by atoms with Crippen LogP contribution in [0.15, 0.2) is 53.0 Å². The van der Waals surface area contributed by atoms with Crippen LogP contribution < -0.4 is 5.32 Å². The van der Waals surface area contributed by atoms with Crippen LogP contribution in [0.1, 0.15) is 0 Å². The summed E-state index contributed by atoms with van der Waals surface area (Å²) in [5, 5.41) is 11.1. The minimum atomic E-state index is -4.68. The summed E-state index contributed by atoms with van der Waals surface area (Å²) in [5.74, 6) is -0.924. The first-order chi connectivity index (χ1) is 11.9. The van der Waals surface area contributed by atoms with Gasteiger partial charge in [-0.3, -0.25) is 4.79 Å². The Hall–Kier alpha value is -2.33. The monoisotopic (exact) mass is 384 g/mol. The van der Waals surface area contributed by atoms with Crippen molar-refractivity contribution in [2.24, 2.45) is 0 Å². The van der Waals surface area contributed by atoms with Crippen molar-refractivity contribution < 1.29 is 18.0 Å². The average molecular weight is 384 g/mol. The van der Waals surface area contributed by atoms with Crippen molar-refractivity contribution in [3.05, 3.63) is 47.8 Å². The normalized spacial score (nSPS) is 11.5. The van der Waals surface area contributed by atoms with Gasteiger partial charge in [0.2, 0.25) is 5.91 Å². The third-order valence-electron chi connectivity index (χ3n) is 3.02. The van der Waals surface area contributed by atoms with Gasteiger partial charge < -0.3 is 5.32 Å². The zero-order chi connectivity index (χ0) is 17.9. The number of rotatable bonds is 5. The number of nitrogens with zero attached hydrogens (tertiary/aromatic N) is 3. The maximum Gasteiger partial charge on any atom is 0.492 e. The molecule has 0 atom stereocenters. The molecule has 1 aromatic carbocycles. The standard InChI is InChI=1S/C15H11F3N4OS2/c16-15(17,18)22-13(11-7-4-8-24-11)20-21-14(22)25-9-12(23)19-10-5-2-1-3-6-10/h1-8H,9H2,(H,19,23). The Morgan fingerprint density at radius 2 is 1.92 bits per heavy atom. The van der Waals surface area contributed by atoms with Crippen LogP contribution >= 0.6 is 23.1 Å². The van der Waals surface area contributed by atoms with E-state index in [0.717, 1.165) is 11.3 Å². The van der Waals surface area contributed by atoms with Crippen LogP contribution in [0.3, 0.4) is 0 Å². The summed E-state index contributed by atoms with van der Waals surface area (Å²) in [6, 6.07) is 11.8.